The van der Waals surface area contributed by atoms with Crippen LogP contribution in [0.25, 0.3) is 0 Å². The first-order chi connectivity index (χ1) is 41.2. The number of carboxylic acid groups (broad SMARTS) is 12. The number of hydrogen-bond donors (Lipinski definition) is 8. The van der Waals surface area contributed by atoms with E-state index in [0.717, 1.165) is 48.5 Å². The van der Waals surface area contributed by atoms with Crippen LogP contribution in [0.1, 0.15) is 126 Å². The predicted molar refractivity (Wildman–Crippen MR) is 275 cm³/mol. The number of nitrogen functional groups attached to an aromatic ring is 4. The van der Waals surface area contributed by atoms with Gasteiger partial charge < -0.3 is 128 Å². The average molecular weight is 1340 g/mol. The Morgan fingerprint density at radius 2 is 0.363 bits per heavy atom. The van der Waals surface area contributed by atoms with E-state index in [9.17, 15) is 98.4 Å². The third-order valence-corrected chi connectivity index (χ3v) is 8.72. The van der Waals surface area contributed by atoms with Crippen molar-refractivity contribution in [2.75, 3.05) is 22.9 Å². The summed E-state index contributed by atoms with van der Waals surface area (Å²) in [7, 11) is 0. The molecule has 2 radical (unpaired) electrons. The molecule has 8 aromatic heterocycles. The van der Waals surface area contributed by atoms with Gasteiger partial charge in [0.25, 0.3) is 0 Å². The number of hydrogen-bond acceptors (Lipinski definition) is 30. The smallest absolute Gasteiger partial charge is 0.543 e. The van der Waals surface area contributed by atoms with Crippen molar-refractivity contribution in [1.82, 2.24) is 29.9 Å². The molecule has 0 spiro atoms. The zero-order valence-electron chi connectivity index (χ0n) is 45.1. The zero-order valence-corrected chi connectivity index (χ0v) is 47.7. The van der Waals surface area contributed by atoms with Crippen molar-refractivity contribution in [3.05, 3.63) is 214 Å². The number of nitrogens with one attached hydrogen (secondary N) is 2. The van der Waals surface area contributed by atoms with Crippen LogP contribution in [0.5, 0.6) is 0 Å². The molecule has 39 heteroatoms. The van der Waals surface area contributed by atoms with Gasteiger partial charge in [0.1, 0.15) is 22.8 Å². The fourth-order valence-electron chi connectivity index (χ4n) is 5.01. The van der Waals surface area contributed by atoms with Gasteiger partial charge in [-0.2, -0.15) is 0 Å². The molecule has 0 aromatic carbocycles. The monoisotopic (exact) mass is 1340 g/mol. The number of carbonyl (C=O) groups excluding carboxylic acids is 8. The Balaban J connectivity index is -0.000000972. The normalized spacial score (nSPS) is 8.97. The number of anilines is 4. The van der Waals surface area contributed by atoms with Crippen molar-refractivity contribution >= 4 is 94.9 Å². The number of pyridine rings is 8. The van der Waals surface area contributed by atoms with Crippen LogP contribution in [0.4, 0.5) is 23.3 Å². The van der Waals surface area contributed by atoms with E-state index in [2.05, 4.69) is 39.9 Å². The molecule has 0 aliphatic carbocycles. The summed E-state index contributed by atoms with van der Waals surface area (Å²) in [5, 5.41) is 115. The summed E-state index contributed by atoms with van der Waals surface area (Å²) >= 11 is 0. The topological polar surface area (TPSA) is 711 Å². The molecule has 8 aromatic rings. The number of nitrogens with two attached hydrogens (primary N) is 4. The second-order valence-electron chi connectivity index (χ2n) is 15.1. The number of aromatic carboxylic acids is 12. The Labute approximate surface area is 528 Å². The molecule has 0 fully saturated rings. The minimum atomic E-state index is -1.52. The van der Waals surface area contributed by atoms with Crippen LogP contribution in [0.2, 0.25) is 0 Å². The van der Waals surface area contributed by atoms with Crippen molar-refractivity contribution in [1.29, 1.82) is 0 Å². The number of carboxylic acids is 12. The van der Waals surface area contributed by atoms with E-state index < -0.39 is 117 Å². The fourth-order valence-corrected chi connectivity index (χ4v) is 5.01. The van der Waals surface area contributed by atoms with E-state index in [1.807, 2.05) is 0 Å². The number of H-pyrrole nitrogens is 2. The third kappa shape index (κ3) is 32.8. The largest absolute Gasteiger partial charge is 3.00 e. The van der Waals surface area contributed by atoms with Gasteiger partial charge in [0.15, 0.2) is 0 Å². The van der Waals surface area contributed by atoms with Crippen LogP contribution >= 0.6 is 0 Å². The number of carbonyl (C=O) groups is 12. The average Bonchev–Trinajstić information content (AvgIpc) is 3.48. The van der Waals surface area contributed by atoms with Crippen molar-refractivity contribution < 1.29 is 169 Å². The molecule has 8 heterocycles. The van der Waals surface area contributed by atoms with Gasteiger partial charge in [0.05, 0.1) is 93.3 Å². The second kappa shape index (κ2) is 42.0. The first kappa shape index (κ1) is 82.3. The Kier molecular flexibility index (Phi) is 38.0. The SMILES string of the molecule is Nc1cccc(N)[nH+]1.Nc1cccc(N)[nH+]1.O.O=C(O)c1cccc(C(=O)O)n1.O=C(O)c1cccc(C(=O)O)n1.O=C([O-])c1cccc(C(=O)[O-])n1.O=C([O-])c1cccc(C(=O)[O-])n1.O=C([O-])c1cccc(C(=O)[O-])n1.O=C([O-])c1cccc(C(=O)[O-])n1.[Cr+3].[Cr+3]. The molecule has 16 N–H and O–H groups in total. The predicted octanol–water partition coefficient (Wildman–Crippen LogP) is -9.31. The van der Waals surface area contributed by atoms with Crippen LogP contribution < -0.4 is 73.8 Å². The zero-order chi connectivity index (χ0) is 66.8. The van der Waals surface area contributed by atoms with Crippen LogP contribution in [0.3, 0.4) is 0 Å². The quantitative estimate of drug-likeness (QED) is 0.0563. The summed E-state index contributed by atoms with van der Waals surface area (Å²) in [6.07, 6.45) is 0. The summed E-state index contributed by atoms with van der Waals surface area (Å²) < 4.78 is 0. The third-order valence-electron chi connectivity index (χ3n) is 8.72. The Hall–Kier alpha value is -12.9. The molecule has 0 amide bonds. The van der Waals surface area contributed by atoms with Gasteiger partial charge in [-0.3, -0.25) is 0 Å². The number of nitrogens with zero attached hydrogens (tertiary/aromatic N) is 6. The molecule has 0 aliphatic rings. The molecule has 470 valence electrons. The molecule has 0 aliphatic heterocycles. The van der Waals surface area contributed by atoms with Gasteiger partial charge in [-0.15, -0.1) is 0 Å². The van der Waals surface area contributed by atoms with Crippen LogP contribution in [-0.2, 0) is 34.7 Å². The molecule has 37 nitrogen and oxygen atoms in total. The summed E-state index contributed by atoms with van der Waals surface area (Å²) in [4.78, 5) is 148. The molecule has 0 unspecified atom stereocenters. The molecule has 0 saturated carbocycles. The minimum absolute atomic E-state index is 0. The van der Waals surface area contributed by atoms with Gasteiger partial charge in [-0.05, 0) is 84.9 Å². The number of aromatic amines is 2. The maximum absolute atomic E-state index is 10.3. The van der Waals surface area contributed by atoms with Crippen LogP contribution in [0, 0.1) is 0 Å². The Bertz CT molecular complexity index is 3090. The van der Waals surface area contributed by atoms with E-state index in [1.165, 1.54) is 60.7 Å². The van der Waals surface area contributed by atoms with Crippen molar-refractivity contribution in [2.24, 2.45) is 0 Å². The maximum atomic E-state index is 10.3. The van der Waals surface area contributed by atoms with E-state index in [-0.39, 0.29) is 63.0 Å². The minimum Gasteiger partial charge on any atom is -0.543 e. The summed E-state index contributed by atoms with van der Waals surface area (Å²) in [5.74, 6) is -14.7. The summed E-state index contributed by atoms with van der Waals surface area (Å²) in [5.41, 5.74) is 16.9. The first-order valence-corrected chi connectivity index (χ1v) is 22.8. The van der Waals surface area contributed by atoms with E-state index in [0.29, 0.717) is 23.3 Å². The number of aromatic nitrogens is 8. The van der Waals surface area contributed by atoms with E-state index in [4.69, 9.17) is 43.4 Å². The molecule has 8 rings (SSSR count). The van der Waals surface area contributed by atoms with Gasteiger partial charge in [0, 0.05) is 24.3 Å². The standard InChI is InChI=1S/6C7H5NO4.2C5H7N3.2Cr.H2O/c6*9-6(10)4-2-1-3-5(8-4)7(11)12;2*6-4-2-1-3-5(7)8-4;;;/h6*1-3H,(H,9,10)(H,11,12);2*1-3H,(H4,6,7,8);;;1H2/q;;;;;;;;2*+3;/p-6. The van der Waals surface area contributed by atoms with Crippen molar-refractivity contribution in [2.45, 2.75) is 0 Å². The molecule has 91 heavy (non-hydrogen) atoms. The van der Waals surface area contributed by atoms with Crippen LogP contribution in [0.15, 0.2) is 146 Å². The van der Waals surface area contributed by atoms with E-state index in [1.54, 1.807) is 36.4 Å². The van der Waals surface area contributed by atoms with Crippen LogP contribution in [-0.4, -0.2) is 127 Å². The first-order valence-electron chi connectivity index (χ1n) is 22.8. The van der Waals surface area contributed by atoms with Gasteiger partial charge in [-0.25, -0.2) is 59.0 Å². The fraction of sp³-hybridized carbons (Fsp3) is 0. The molecule has 0 atom stereocenters. The van der Waals surface area contributed by atoms with Gasteiger partial charge in [0.2, 0.25) is 23.3 Å². The van der Waals surface area contributed by atoms with E-state index >= 15 is 0 Å². The Morgan fingerprint density at radius 3 is 0.462 bits per heavy atom. The van der Waals surface area contributed by atoms with Gasteiger partial charge >= 0.3 is 58.6 Å². The van der Waals surface area contributed by atoms with Crippen molar-refractivity contribution in [3.63, 3.8) is 0 Å². The van der Waals surface area contributed by atoms with Crippen molar-refractivity contribution in [3.8, 4) is 0 Å². The summed E-state index contributed by atoms with van der Waals surface area (Å²) in [6.45, 7) is 0. The molecular formula is C52H40Cr2N12O25. The second-order valence-corrected chi connectivity index (χ2v) is 15.1. The molecule has 0 saturated heterocycles. The molecule has 0 bridgehead atoms. The molecular weight excluding hydrogens is 1300 g/mol. The van der Waals surface area contributed by atoms with Gasteiger partial charge in [-0.1, -0.05) is 36.4 Å². The maximum Gasteiger partial charge on any atom is 3.00 e. The number of rotatable bonds is 12. The summed E-state index contributed by atoms with van der Waals surface area (Å²) in [6, 6.07) is 32.3. The Morgan fingerprint density at radius 1 is 0.253 bits per heavy atom.